The Morgan fingerprint density at radius 3 is 0.514 bits per heavy atom. The average Bonchev–Trinajstić information content (AvgIpc) is 2.09. The second kappa shape index (κ2) is 18.9. The van der Waals surface area contributed by atoms with Crippen molar-refractivity contribution in [3.63, 3.8) is 0 Å². The summed E-state index contributed by atoms with van der Waals surface area (Å²) in [5, 5.41) is 0. The van der Waals surface area contributed by atoms with Gasteiger partial charge in [-0.2, -0.15) is 0 Å². The third-order valence-electron chi connectivity index (χ3n) is 0.833. The minimum atomic E-state index is -7.08. The van der Waals surface area contributed by atoms with Crippen LogP contribution in [0.15, 0.2) is 0 Å². The molecule has 0 amide bonds. The molecule has 0 aromatic rings. The van der Waals surface area contributed by atoms with E-state index in [1.54, 1.807) is 0 Å². The van der Waals surface area contributed by atoms with Gasteiger partial charge in [-0.15, -0.1) is 0 Å². The molecule has 0 aromatic heterocycles. The van der Waals surface area contributed by atoms with Crippen LogP contribution in [0.5, 0.6) is 0 Å². The van der Waals surface area contributed by atoms with Crippen LogP contribution >= 0.6 is 16.3 Å². The first kappa shape index (κ1) is 53.9. The van der Waals surface area contributed by atoms with Crippen LogP contribution in [0.2, 0.25) is 0 Å². The molecule has 10 N–H and O–H groups in total. The van der Waals surface area contributed by atoms with Crippen LogP contribution in [0.4, 0.5) is 0 Å². The summed E-state index contributed by atoms with van der Waals surface area (Å²) in [6.07, 6.45) is 0. The molecule has 1 aliphatic heterocycles. The molecule has 1 heterocycles. The molecular formula is H10Cu2Mo5O26P2-2. The molecule has 1 fully saturated rings. The number of phosphoric acid groups is 2. The van der Waals surface area contributed by atoms with Gasteiger partial charge in [0.2, 0.25) is 0 Å². The first-order valence-corrected chi connectivity index (χ1v) is 24.3. The summed E-state index contributed by atoms with van der Waals surface area (Å²) in [6, 6.07) is 0. The maximum absolute atomic E-state index is 10.9. The van der Waals surface area contributed by atoms with Gasteiger partial charge in [-0.1, -0.05) is 0 Å². The Hall–Kier alpha value is 2.70. The first-order chi connectivity index (χ1) is 12.5. The second-order valence-corrected chi connectivity index (χ2v) is 26.9. The van der Waals surface area contributed by atoms with E-state index >= 15 is 0 Å². The zero-order valence-corrected chi connectivity index (χ0v) is 28.3. The van der Waals surface area contributed by atoms with Crippen molar-refractivity contribution < 1.29 is 218 Å². The van der Waals surface area contributed by atoms with Gasteiger partial charge >= 0.3 is 128 Å². The molecule has 1 aliphatic rings. The molecule has 0 unspecified atom stereocenters. The topological polar surface area (TPSA) is 485 Å². The van der Waals surface area contributed by atoms with E-state index in [9.17, 15) is 34.0 Å². The van der Waals surface area contributed by atoms with Crippen molar-refractivity contribution in [2.75, 3.05) is 0 Å². The van der Waals surface area contributed by atoms with E-state index in [1.807, 2.05) is 0 Å². The van der Waals surface area contributed by atoms with Gasteiger partial charge in [0.15, 0.2) is 16.3 Å². The first-order valence-electron chi connectivity index (χ1n) is 4.86. The van der Waals surface area contributed by atoms with Gasteiger partial charge in [-0.05, 0) is 0 Å². The van der Waals surface area contributed by atoms with Gasteiger partial charge in [0, 0.05) is 34.1 Å². The molecule has 0 aliphatic carbocycles. The summed E-state index contributed by atoms with van der Waals surface area (Å²) in [5.41, 5.74) is 0. The van der Waals surface area contributed by atoms with Gasteiger partial charge in [0.1, 0.15) is 0 Å². The fourth-order valence-electron chi connectivity index (χ4n) is 0.567. The van der Waals surface area contributed by atoms with Gasteiger partial charge in [-0.25, -0.2) is 19.6 Å². The third kappa shape index (κ3) is 41.3. The summed E-state index contributed by atoms with van der Waals surface area (Å²) in [5.74, 6) is 0. The van der Waals surface area contributed by atoms with Crippen LogP contribution in [0.25, 0.3) is 0 Å². The van der Waals surface area contributed by atoms with Crippen molar-refractivity contribution in [1.29, 1.82) is 0 Å². The molecule has 35 heteroatoms. The van der Waals surface area contributed by atoms with Gasteiger partial charge in [0.05, 0.1) is 0 Å². The molecule has 0 saturated carbocycles. The van der Waals surface area contributed by atoms with Crippen LogP contribution in [0.1, 0.15) is 0 Å². The quantitative estimate of drug-likeness (QED) is 0.129. The Kier molecular flexibility index (Phi) is 29.1. The molecule has 26 nitrogen and oxygen atoms in total. The van der Waals surface area contributed by atoms with E-state index in [0.717, 1.165) is 0 Å². The number of rotatable bonds is 0. The van der Waals surface area contributed by atoms with E-state index < -0.39 is 100 Å². The summed E-state index contributed by atoms with van der Waals surface area (Å²) in [4.78, 5) is 63.4. The molecule has 230 valence electrons. The Morgan fingerprint density at radius 2 is 0.457 bits per heavy atom. The molecule has 1 saturated heterocycles. The Bertz CT molecular complexity index is 843. The zero-order chi connectivity index (χ0) is 25.0. The molecule has 0 atom stereocenters. The second-order valence-electron chi connectivity index (χ2n) is 3.36. The summed E-state index contributed by atoms with van der Waals surface area (Å²) in [6.45, 7) is 0. The molecule has 0 aromatic carbocycles. The summed E-state index contributed by atoms with van der Waals surface area (Å²) in [7, 11) is -9.78. The standard InChI is InChI=1S/2Cu.5Mo.2H3O4P.3H2O.15O/c;;;;;;;2*1-5(2,3)4;;;;;;;;;;;;;;;;;;/h;;;;;;;2*(H3,1,2,3,4);3*1H2;;;;;;;;;;;;;;;/p-2. The van der Waals surface area contributed by atoms with Crippen LogP contribution in [-0.2, 0) is 162 Å². The SMILES string of the molecule is O.O.O.[Cu].[Cu].[O-][P+]([O-])(O)O.[O-][P+]([O-])(O)O.[O]=[Mo]1(=[O])[O][Mo](=[O])(=[O])[O][Mo](=[O])(=[O])[O][Mo](=[O])(=[O])[O][Mo](=[O])(=[O])[O]1. The van der Waals surface area contributed by atoms with Gasteiger partial charge in [-0.3, -0.25) is 0 Å². The van der Waals surface area contributed by atoms with Crippen LogP contribution in [0.3, 0.4) is 0 Å². The van der Waals surface area contributed by atoms with E-state index in [1.165, 1.54) is 0 Å². The van der Waals surface area contributed by atoms with E-state index in [-0.39, 0.29) is 50.6 Å². The van der Waals surface area contributed by atoms with Crippen LogP contribution in [-0.4, -0.2) is 36.0 Å². The van der Waals surface area contributed by atoms with E-state index in [2.05, 4.69) is 10.2 Å². The predicted molar refractivity (Wildman–Crippen MR) is 45.8 cm³/mol. The monoisotopic (exact) mass is 1100 g/mol. The van der Waals surface area contributed by atoms with E-state index in [4.69, 9.17) is 39.1 Å². The normalized spacial score (nSPS) is 21.1. The van der Waals surface area contributed by atoms with Crippen molar-refractivity contribution in [2.24, 2.45) is 0 Å². The summed E-state index contributed by atoms with van der Waals surface area (Å²) < 4.78 is 125. The molecule has 0 bridgehead atoms. The average molecular weight is 1090 g/mol. The predicted octanol–water partition coefficient (Wildman–Crippen LogP) is -9.28. The van der Waals surface area contributed by atoms with Crippen molar-refractivity contribution in [3.8, 4) is 0 Å². The minimum absolute atomic E-state index is 0. The van der Waals surface area contributed by atoms with Gasteiger partial charge in [0.25, 0.3) is 0 Å². The fraction of sp³-hybridized carbons (Fsp3) is 0. The molecule has 1 rings (SSSR count). The van der Waals surface area contributed by atoms with Crippen molar-refractivity contribution in [1.82, 2.24) is 0 Å². The van der Waals surface area contributed by atoms with Gasteiger partial charge < -0.3 is 36.0 Å². The number of hydrogen-bond donors (Lipinski definition) is 4. The third-order valence-corrected chi connectivity index (χ3v) is 29.2. The Labute approximate surface area is 231 Å². The van der Waals surface area contributed by atoms with E-state index in [0.29, 0.717) is 0 Å². The summed E-state index contributed by atoms with van der Waals surface area (Å²) >= 11 is -35.4. The molecule has 2 radical (unpaired) electrons. The molecule has 0 spiro atoms. The molecule has 35 heavy (non-hydrogen) atoms. The van der Waals surface area contributed by atoms with Crippen LogP contribution in [0, 0.1) is 0 Å². The van der Waals surface area contributed by atoms with Crippen LogP contribution < -0.4 is 19.6 Å². The fourth-order valence-corrected chi connectivity index (χ4v) is 29.6. The Morgan fingerprint density at radius 1 is 0.400 bits per heavy atom. The zero-order valence-electron chi connectivity index (χ0n) is 14.6. The molecular weight excluding hydrogens is 1080 g/mol. The van der Waals surface area contributed by atoms with Crippen molar-refractivity contribution in [2.45, 2.75) is 0 Å². The van der Waals surface area contributed by atoms with Crippen molar-refractivity contribution in [3.05, 3.63) is 0 Å². The van der Waals surface area contributed by atoms with Crippen molar-refractivity contribution >= 4 is 16.3 Å². The Balaban J connectivity index is -0.0000000896. The maximum atomic E-state index is 10.9. The number of hydrogen-bond acceptors (Lipinski definition) is 23.